The Hall–Kier alpha value is -0.580. The molecule has 0 bridgehead atoms. The molecule has 2 aromatic heterocycles. The normalized spacial score (nSPS) is 19.3. The largest absolute Gasteiger partial charge is 0.346 e. The van der Waals surface area contributed by atoms with Gasteiger partial charge in [0.05, 0.1) is 6.54 Å². The highest BCUT2D eigenvalue weighted by atomic mass is 79.9. The van der Waals surface area contributed by atoms with Crippen LogP contribution in [-0.2, 0) is 13.0 Å². The van der Waals surface area contributed by atoms with Gasteiger partial charge in [-0.2, -0.15) is 0 Å². The smallest absolute Gasteiger partial charge is 0.0566 e. The van der Waals surface area contributed by atoms with Crippen molar-refractivity contribution in [2.75, 3.05) is 0 Å². The second kappa shape index (κ2) is 4.59. The van der Waals surface area contributed by atoms with E-state index < -0.39 is 0 Å². The summed E-state index contributed by atoms with van der Waals surface area (Å²) in [6.07, 6.45) is 5.69. The Bertz CT molecular complexity index is 529. The standard InChI is InChI=1S/C13H15BrN2S/c14-9-6-10(17-8-9)7-16-5-4-11-12(15)2-1-3-13(11)16/h4-6,8,12H,1-3,7,15H2. The molecule has 2 aromatic rings. The Labute approximate surface area is 114 Å². The van der Waals surface area contributed by atoms with Crippen LogP contribution in [0.1, 0.15) is 35.0 Å². The molecule has 1 aliphatic carbocycles. The molecule has 2 heterocycles. The average molecular weight is 311 g/mol. The van der Waals surface area contributed by atoms with E-state index in [-0.39, 0.29) is 6.04 Å². The maximum absolute atomic E-state index is 6.14. The predicted molar refractivity (Wildman–Crippen MR) is 75.4 cm³/mol. The predicted octanol–water partition coefficient (Wildman–Crippen LogP) is 3.70. The Balaban J connectivity index is 1.89. The van der Waals surface area contributed by atoms with Crippen molar-refractivity contribution in [3.05, 3.63) is 44.3 Å². The fourth-order valence-electron chi connectivity index (χ4n) is 2.55. The van der Waals surface area contributed by atoms with Gasteiger partial charge in [-0.3, -0.25) is 0 Å². The maximum Gasteiger partial charge on any atom is 0.0566 e. The third-order valence-corrected chi connectivity index (χ3v) is 5.07. The topological polar surface area (TPSA) is 30.9 Å². The summed E-state index contributed by atoms with van der Waals surface area (Å²) in [5, 5.41) is 2.14. The van der Waals surface area contributed by atoms with Gasteiger partial charge in [-0.05, 0) is 52.9 Å². The third kappa shape index (κ3) is 2.21. The molecule has 0 saturated carbocycles. The summed E-state index contributed by atoms with van der Waals surface area (Å²) >= 11 is 5.30. The minimum Gasteiger partial charge on any atom is -0.346 e. The van der Waals surface area contributed by atoms with Gasteiger partial charge >= 0.3 is 0 Å². The highest BCUT2D eigenvalue weighted by Gasteiger charge is 2.20. The number of nitrogens with zero attached hydrogens (tertiary/aromatic N) is 1. The van der Waals surface area contributed by atoms with Crippen molar-refractivity contribution in [3.8, 4) is 0 Å². The van der Waals surface area contributed by atoms with Gasteiger partial charge in [-0.15, -0.1) is 11.3 Å². The number of aromatic nitrogens is 1. The van der Waals surface area contributed by atoms with Gasteiger partial charge in [-0.25, -0.2) is 0 Å². The van der Waals surface area contributed by atoms with E-state index in [1.807, 2.05) is 0 Å². The van der Waals surface area contributed by atoms with Crippen molar-refractivity contribution in [3.63, 3.8) is 0 Å². The average Bonchev–Trinajstić information content (AvgIpc) is 2.88. The van der Waals surface area contributed by atoms with Crippen LogP contribution in [0, 0.1) is 0 Å². The number of nitrogens with two attached hydrogens (primary N) is 1. The molecule has 0 radical (unpaired) electrons. The van der Waals surface area contributed by atoms with Crippen LogP contribution in [0.3, 0.4) is 0 Å². The molecule has 1 unspecified atom stereocenters. The Morgan fingerprint density at radius 2 is 2.41 bits per heavy atom. The Morgan fingerprint density at radius 3 is 3.18 bits per heavy atom. The molecule has 0 aliphatic heterocycles. The summed E-state index contributed by atoms with van der Waals surface area (Å²) in [5.41, 5.74) is 8.93. The van der Waals surface area contributed by atoms with Gasteiger partial charge < -0.3 is 10.3 Å². The number of thiophene rings is 1. The molecule has 0 saturated heterocycles. The van der Waals surface area contributed by atoms with E-state index >= 15 is 0 Å². The van der Waals surface area contributed by atoms with Crippen LogP contribution in [-0.4, -0.2) is 4.57 Å². The molecule has 3 rings (SSSR count). The van der Waals surface area contributed by atoms with Crippen molar-refractivity contribution < 1.29 is 0 Å². The minimum absolute atomic E-state index is 0.245. The second-order valence-corrected chi connectivity index (χ2v) is 6.49. The Kier molecular flexibility index (Phi) is 3.11. The first-order valence-corrected chi connectivity index (χ1v) is 7.57. The number of hydrogen-bond donors (Lipinski definition) is 1. The summed E-state index contributed by atoms with van der Waals surface area (Å²) in [6.45, 7) is 0.971. The van der Waals surface area contributed by atoms with E-state index in [9.17, 15) is 0 Å². The summed E-state index contributed by atoms with van der Waals surface area (Å²) in [5.74, 6) is 0. The van der Waals surface area contributed by atoms with Gasteiger partial charge in [0.15, 0.2) is 0 Å². The van der Waals surface area contributed by atoms with Gasteiger partial charge in [-0.1, -0.05) is 0 Å². The summed E-state index contributed by atoms with van der Waals surface area (Å²) < 4.78 is 3.53. The molecule has 1 aliphatic rings. The zero-order valence-corrected chi connectivity index (χ0v) is 11.9. The highest BCUT2D eigenvalue weighted by molar-refractivity contribution is 9.10. The van der Waals surface area contributed by atoms with Crippen LogP contribution in [0.2, 0.25) is 0 Å². The minimum atomic E-state index is 0.245. The van der Waals surface area contributed by atoms with E-state index in [0.717, 1.165) is 13.0 Å². The second-order valence-electron chi connectivity index (χ2n) is 4.58. The van der Waals surface area contributed by atoms with Crippen LogP contribution in [0.4, 0.5) is 0 Å². The molecule has 0 aromatic carbocycles. The van der Waals surface area contributed by atoms with Crippen LogP contribution >= 0.6 is 27.3 Å². The number of halogens is 1. The number of fused-ring (bicyclic) bond motifs is 1. The first kappa shape index (κ1) is 11.5. The maximum atomic E-state index is 6.14. The lowest BCUT2D eigenvalue weighted by atomic mass is 9.94. The molecule has 90 valence electrons. The van der Waals surface area contributed by atoms with E-state index in [4.69, 9.17) is 5.73 Å². The fraction of sp³-hybridized carbons (Fsp3) is 0.385. The summed E-state index contributed by atoms with van der Waals surface area (Å²) in [4.78, 5) is 1.38. The van der Waals surface area contributed by atoms with Crippen molar-refractivity contribution in [1.82, 2.24) is 4.57 Å². The van der Waals surface area contributed by atoms with Gasteiger partial charge in [0.25, 0.3) is 0 Å². The molecular weight excluding hydrogens is 296 g/mol. The lowest BCUT2D eigenvalue weighted by molar-refractivity contribution is 0.548. The van der Waals surface area contributed by atoms with E-state index in [1.54, 1.807) is 11.3 Å². The molecule has 4 heteroatoms. The molecule has 1 atom stereocenters. The SMILES string of the molecule is NC1CCCc2c1ccn2Cc1cc(Br)cs1. The first-order chi connectivity index (χ1) is 8.24. The van der Waals surface area contributed by atoms with Gasteiger partial charge in [0, 0.05) is 32.7 Å². The van der Waals surface area contributed by atoms with Crippen molar-refractivity contribution in [1.29, 1.82) is 0 Å². The van der Waals surface area contributed by atoms with Crippen LogP contribution in [0.25, 0.3) is 0 Å². The van der Waals surface area contributed by atoms with E-state index in [0.29, 0.717) is 0 Å². The molecule has 0 spiro atoms. The molecular formula is C13H15BrN2S. The third-order valence-electron chi connectivity index (χ3n) is 3.39. The van der Waals surface area contributed by atoms with Gasteiger partial charge in [0.1, 0.15) is 0 Å². The van der Waals surface area contributed by atoms with Crippen LogP contribution < -0.4 is 5.73 Å². The molecule has 2 nitrogen and oxygen atoms in total. The quantitative estimate of drug-likeness (QED) is 0.901. The monoisotopic (exact) mass is 310 g/mol. The van der Waals surface area contributed by atoms with Crippen molar-refractivity contribution in [2.45, 2.75) is 31.8 Å². The number of rotatable bonds is 2. The van der Waals surface area contributed by atoms with Gasteiger partial charge in [0.2, 0.25) is 0 Å². The van der Waals surface area contributed by atoms with Crippen molar-refractivity contribution in [2.24, 2.45) is 5.73 Å². The number of hydrogen-bond acceptors (Lipinski definition) is 2. The van der Waals surface area contributed by atoms with Crippen LogP contribution in [0.5, 0.6) is 0 Å². The first-order valence-electron chi connectivity index (χ1n) is 5.90. The molecule has 0 amide bonds. The highest BCUT2D eigenvalue weighted by Crippen LogP contribution is 2.30. The zero-order valence-electron chi connectivity index (χ0n) is 9.53. The Morgan fingerprint density at radius 1 is 1.53 bits per heavy atom. The van der Waals surface area contributed by atoms with E-state index in [1.165, 1.54) is 33.4 Å². The lowest BCUT2D eigenvalue weighted by Gasteiger charge is -2.20. The fourth-order valence-corrected chi connectivity index (χ4v) is 3.99. The van der Waals surface area contributed by atoms with Crippen molar-refractivity contribution >= 4 is 27.3 Å². The van der Waals surface area contributed by atoms with E-state index in [2.05, 4.69) is 44.2 Å². The van der Waals surface area contributed by atoms with Crippen LogP contribution in [0.15, 0.2) is 28.2 Å². The zero-order chi connectivity index (χ0) is 11.8. The molecule has 0 fully saturated rings. The lowest BCUT2D eigenvalue weighted by Crippen LogP contribution is -2.18. The summed E-state index contributed by atoms with van der Waals surface area (Å²) in [6, 6.07) is 4.64. The molecule has 17 heavy (non-hydrogen) atoms. The molecule has 2 N–H and O–H groups in total. The summed E-state index contributed by atoms with van der Waals surface area (Å²) in [7, 11) is 0.